The average Bonchev–Trinajstić information content (AvgIpc) is 2.15. The third kappa shape index (κ3) is 3.16. The van der Waals surface area contributed by atoms with Crippen LogP contribution < -0.4 is 4.74 Å². The van der Waals surface area contributed by atoms with Crippen molar-refractivity contribution < 1.29 is 18.7 Å². The lowest BCUT2D eigenvalue weighted by molar-refractivity contribution is -0.134. The molecule has 3 nitrogen and oxygen atoms in total. The molecule has 0 radical (unpaired) electrons. The Morgan fingerprint density at radius 1 is 1.13 bits per heavy atom. The van der Waals surface area contributed by atoms with E-state index >= 15 is 0 Å². The number of halogens is 1. The van der Waals surface area contributed by atoms with Gasteiger partial charge in [0.15, 0.2) is 11.6 Å². The largest absolute Gasteiger partial charge is 0.475 e. The molecule has 1 aromatic rings. The van der Waals surface area contributed by atoms with Crippen LogP contribution in [0.3, 0.4) is 0 Å². The van der Waals surface area contributed by atoms with Crippen molar-refractivity contribution in [2.75, 3.05) is 0 Å². The molecule has 0 saturated heterocycles. The zero-order chi connectivity index (χ0) is 11.4. The van der Waals surface area contributed by atoms with Gasteiger partial charge < -0.3 is 4.74 Å². The molecule has 80 valence electrons. The summed E-state index contributed by atoms with van der Waals surface area (Å²) in [5.74, 6) is -0.838. The van der Waals surface area contributed by atoms with E-state index in [4.69, 9.17) is 4.74 Å². The third-order valence-electron chi connectivity index (χ3n) is 1.81. The predicted octanol–water partition coefficient (Wildman–Crippen LogP) is 1.75. The Bertz CT molecular complexity index is 356. The van der Waals surface area contributed by atoms with Gasteiger partial charge in [-0.25, -0.2) is 4.39 Å². The smallest absolute Gasteiger partial charge is 0.214 e. The summed E-state index contributed by atoms with van der Waals surface area (Å²) in [5.41, 5.74) is 0. The fourth-order valence-corrected chi connectivity index (χ4v) is 1.10. The molecule has 0 aliphatic heterocycles. The lowest BCUT2D eigenvalue weighted by atomic mass is 10.2. The topological polar surface area (TPSA) is 43.4 Å². The third-order valence-corrected chi connectivity index (χ3v) is 1.81. The van der Waals surface area contributed by atoms with Gasteiger partial charge in [-0.2, -0.15) is 0 Å². The van der Waals surface area contributed by atoms with E-state index < -0.39 is 11.9 Å². The van der Waals surface area contributed by atoms with Crippen molar-refractivity contribution in [3.05, 3.63) is 30.1 Å². The van der Waals surface area contributed by atoms with E-state index in [2.05, 4.69) is 0 Å². The van der Waals surface area contributed by atoms with E-state index in [1.807, 2.05) is 0 Å². The molecule has 0 heterocycles. The van der Waals surface area contributed by atoms with Gasteiger partial charge in [0.05, 0.1) is 0 Å². The number of ether oxygens (including phenoxy) is 1. The Morgan fingerprint density at radius 2 is 1.60 bits per heavy atom. The van der Waals surface area contributed by atoms with E-state index in [0.717, 1.165) is 0 Å². The van der Waals surface area contributed by atoms with E-state index in [-0.39, 0.29) is 11.6 Å². The highest BCUT2D eigenvalue weighted by molar-refractivity contribution is 6.03. The first-order valence-corrected chi connectivity index (χ1v) is 4.44. The summed E-state index contributed by atoms with van der Waals surface area (Å²) in [4.78, 5) is 22.1. The Kier molecular flexibility index (Phi) is 3.55. The SMILES string of the molecule is CC(=O)C(Oc1ccc(F)cc1)C(C)=O. The number of hydrogen-bond donors (Lipinski definition) is 0. The van der Waals surface area contributed by atoms with Gasteiger partial charge in [-0.05, 0) is 38.1 Å². The monoisotopic (exact) mass is 210 g/mol. The minimum absolute atomic E-state index is 0.298. The van der Waals surface area contributed by atoms with Crippen LogP contribution in [0, 0.1) is 5.82 Å². The second kappa shape index (κ2) is 4.68. The lowest BCUT2D eigenvalue weighted by Crippen LogP contribution is -2.32. The first kappa shape index (κ1) is 11.4. The van der Waals surface area contributed by atoms with Crippen molar-refractivity contribution in [1.29, 1.82) is 0 Å². The van der Waals surface area contributed by atoms with Gasteiger partial charge in [0.1, 0.15) is 11.6 Å². The van der Waals surface area contributed by atoms with Gasteiger partial charge >= 0.3 is 0 Å². The van der Waals surface area contributed by atoms with Crippen molar-refractivity contribution in [1.82, 2.24) is 0 Å². The molecule has 15 heavy (non-hydrogen) atoms. The fourth-order valence-electron chi connectivity index (χ4n) is 1.10. The highest BCUT2D eigenvalue weighted by Gasteiger charge is 2.21. The number of carbonyl (C=O) groups is 2. The number of ketones is 2. The zero-order valence-corrected chi connectivity index (χ0v) is 8.49. The molecule has 0 bridgehead atoms. The second-order valence-electron chi connectivity index (χ2n) is 3.17. The van der Waals surface area contributed by atoms with Gasteiger partial charge in [-0.15, -0.1) is 0 Å². The Labute approximate surface area is 86.9 Å². The Morgan fingerprint density at radius 3 is 2.00 bits per heavy atom. The van der Waals surface area contributed by atoms with Crippen LogP contribution in [0.15, 0.2) is 24.3 Å². The molecule has 0 N–H and O–H groups in total. The van der Waals surface area contributed by atoms with Crippen LogP contribution in [0.5, 0.6) is 5.75 Å². The number of hydrogen-bond acceptors (Lipinski definition) is 3. The molecule has 0 atom stereocenters. The highest BCUT2D eigenvalue weighted by atomic mass is 19.1. The predicted molar refractivity (Wildman–Crippen MR) is 52.2 cm³/mol. The summed E-state index contributed by atoms with van der Waals surface area (Å²) >= 11 is 0. The minimum atomic E-state index is -1.10. The first-order valence-electron chi connectivity index (χ1n) is 4.44. The van der Waals surface area contributed by atoms with Crippen LogP contribution in [0.2, 0.25) is 0 Å². The summed E-state index contributed by atoms with van der Waals surface area (Å²) < 4.78 is 17.7. The standard InChI is InChI=1S/C11H11FO3/c1-7(13)11(8(2)14)15-10-5-3-9(12)4-6-10/h3-6,11H,1-2H3. The van der Waals surface area contributed by atoms with Crippen LogP contribution in [0.1, 0.15) is 13.8 Å². The number of carbonyl (C=O) groups excluding carboxylic acids is 2. The van der Waals surface area contributed by atoms with Gasteiger partial charge in [0, 0.05) is 0 Å². The van der Waals surface area contributed by atoms with E-state index in [1.54, 1.807) is 0 Å². The van der Waals surface area contributed by atoms with E-state index in [1.165, 1.54) is 38.1 Å². The van der Waals surface area contributed by atoms with Gasteiger partial charge in [0.2, 0.25) is 6.10 Å². The summed E-state index contributed by atoms with van der Waals surface area (Å²) in [6.45, 7) is 2.55. The summed E-state index contributed by atoms with van der Waals surface area (Å²) in [6, 6.07) is 5.14. The zero-order valence-electron chi connectivity index (χ0n) is 8.49. The Balaban J connectivity index is 2.79. The lowest BCUT2D eigenvalue weighted by Gasteiger charge is -2.12. The average molecular weight is 210 g/mol. The molecule has 1 aromatic carbocycles. The second-order valence-corrected chi connectivity index (χ2v) is 3.17. The van der Waals surface area contributed by atoms with Crippen molar-refractivity contribution >= 4 is 11.6 Å². The van der Waals surface area contributed by atoms with Crippen LogP contribution in [-0.4, -0.2) is 17.7 Å². The number of benzene rings is 1. The molecule has 0 unspecified atom stereocenters. The van der Waals surface area contributed by atoms with Gasteiger partial charge in [0.25, 0.3) is 0 Å². The maximum atomic E-state index is 12.6. The molecular formula is C11H11FO3. The quantitative estimate of drug-likeness (QED) is 0.711. The molecule has 0 aliphatic rings. The van der Waals surface area contributed by atoms with Crippen LogP contribution in [0.25, 0.3) is 0 Å². The first-order chi connectivity index (χ1) is 7.00. The molecule has 0 amide bonds. The molecule has 0 saturated carbocycles. The molecule has 0 aliphatic carbocycles. The van der Waals surface area contributed by atoms with Gasteiger partial charge in [-0.1, -0.05) is 0 Å². The molecule has 4 heteroatoms. The minimum Gasteiger partial charge on any atom is -0.475 e. The normalized spacial score (nSPS) is 10.1. The molecule has 1 rings (SSSR count). The molecule has 0 spiro atoms. The van der Waals surface area contributed by atoms with Crippen molar-refractivity contribution in [2.45, 2.75) is 20.0 Å². The number of rotatable bonds is 4. The molecule has 0 aromatic heterocycles. The van der Waals surface area contributed by atoms with Crippen LogP contribution in [0.4, 0.5) is 4.39 Å². The van der Waals surface area contributed by atoms with Crippen LogP contribution in [-0.2, 0) is 9.59 Å². The maximum absolute atomic E-state index is 12.6. The van der Waals surface area contributed by atoms with Crippen LogP contribution >= 0.6 is 0 Å². The van der Waals surface area contributed by atoms with Crippen molar-refractivity contribution in [3.63, 3.8) is 0 Å². The Hall–Kier alpha value is -1.71. The maximum Gasteiger partial charge on any atom is 0.214 e. The number of Topliss-reactive ketones (excluding diaryl/α,β-unsaturated/α-hetero) is 2. The molecule has 0 fully saturated rings. The van der Waals surface area contributed by atoms with Crippen molar-refractivity contribution in [2.24, 2.45) is 0 Å². The summed E-state index contributed by atoms with van der Waals surface area (Å²) in [5, 5.41) is 0. The van der Waals surface area contributed by atoms with Crippen molar-refractivity contribution in [3.8, 4) is 5.75 Å². The fraction of sp³-hybridized carbons (Fsp3) is 0.273. The van der Waals surface area contributed by atoms with E-state index in [9.17, 15) is 14.0 Å². The van der Waals surface area contributed by atoms with E-state index in [0.29, 0.717) is 5.75 Å². The summed E-state index contributed by atoms with van der Waals surface area (Å²) in [7, 11) is 0. The highest BCUT2D eigenvalue weighted by Crippen LogP contribution is 2.13. The summed E-state index contributed by atoms with van der Waals surface area (Å²) in [6.07, 6.45) is -1.10. The molecular weight excluding hydrogens is 199 g/mol. The van der Waals surface area contributed by atoms with Gasteiger partial charge in [-0.3, -0.25) is 9.59 Å².